The number of ether oxygens (including phenoxy) is 3. The van der Waals surface area contributed by atoms with Gasteiger partial charge >= 0.3 is 0 Å². The number of nitrogens with one attached hydrogen (secondary N) is 2. The van der Waals surface area contributed by atoms with Gasteiger partial charge in [0.1, 0.15) is 0 Å². The largest absolute Gasteiger partial charge is 0.493 e. The molecule has 34 heavy (non-hydrogen) atoms. The molecular weight excluding hydrogens is 432 g/mol. The zero-order valence-electron chi connectivity index (χ0n) is 20.3. The van der Waals surface area contributed by atoms with E-state index >= 15 is 0 Å². The maximum absolute atomic E-state index is 5.49. The Balaban J connectivity index is 1.51. The maximum Gasteiger partial charge on any atom is 0.203 e. The lowest BCUT2D eigenvalue weighted by Crippen LogP contribution is -2.30. The van der Waals surface area contributed by atoms with Crippen LogP contribution in [0.5, 0.6) is 17.2 Å². The normalized spacial score (nSPS) is 12.3. The Morgan fingerprint density at radius 3 is 2.44 bits per heavy atom. The lowest BCUT2D eigenvalue weighted by Gasteiger charge is -2.22. The Labute approximate surface area is 199 Å². The predicted octanol–water partition coefficient (Wildman–Crippen LogP) is 3.76. The Hall–Kier alpha value is -3.59. The van der Waals surface area contributed by atoms with Gasteiger partial charge < -0.3 is 24.5 Å². The molecule has 180 valence electrons. The highest BCUT2D eigenvalue weighted by atomic mass is 16.5. The molecule has 4 rings (SSSR count). The van der Waals surface area contributed by atoms with E-state index in [9.17, 15) is 0 Å². The van der Waals surface area contributed by atoms with Crippen molar-refractivity contribution in [3.63, 3.8) is 0 Å². The third-order valence-electron chi connectivity index (χ3n) is 5.99. The van der Waals surface area contributed by atoms with Crippen LogP contribution in [-0.2, 0) is 13.0 Å². The van der Waals surface area contributed by atoms with Crippen LogP contribution in [0.25, 0.3) is 10.9 Å². The van der Waals surface area contributed by atoms with Crippen molar-refractivity contribution in [3.8, 4) is 17.2 Å². The number of rotatable bonds is 11. The number of methoxy groups -OCH3 is 3. The van der Waals surface area contributed by atoms with Crippen LogP contribution in [0, 0.1) is 5.92 Å². The number of nitrogens with zero attached hydrogens (tertiary/aromatic N) is 4. The molecule has 2 aromatic carbocycles. The maximum atomic E-state index is 5.49. The Kier molecular flexibility index (Phi) is 7.32. The van der Waals surface area contributed by atoms with Crippen molar-refractivity contribution in [1.29, 1.82) is 0 Å². The molecule has 0 saturated carbocycles. The summed E-state index contributed by atoms with van der Waals surface area (Å²) in [6, 6.07) is 12.2. The standard InChI is InChI=1S/C25H32N6O3/c1-16(2)23(26-11-10-18-14-27-20-9-7-6-8-19(18)20)25-28-29-30-31(25)15-17-12-21(32-3)24(34-5)22(13-17)33-4/h6-9,12-14,16,23,26-27H,10-11,15H2,1-5H3/t23-/m1/s1. The van der Waals surface area contributed by atoms with Crippen LogP contribution in [0.4, 0.5) is 0 Å². The molecule has 0 radical (unpaired) electrons. The Morgan fingerprint density at radius 2 is 1.76 bits per heavy atom. The van der Waals surface area contributed by atoms with Gasteiger partial charge in [-0.25, -0.2) is 4.68 Å². The van der Waals surface area contributed by atoms with Crippen molar-refractivity contribution in [2.45, 2.75) is 32.9 Å². The van der Waals surface area contributed by atoms with Gasteiger partial charge in [-0.15, -0.1) is 5.10 Å². The fraction of sp³-hybridized carbons (Fsp3) is 0.400. The fourth-order valence-electron chi connectivity index (χ4n) is 4.27. The van der Waals surface area contributed by atoms with Crippen LogP contribution >= 0.6 is 0 Å². The molecule has 2 aromatic heterocycles. The zero-order valence-corrected chi connectivity index (χ0v) is 20.3. The van der Waals surface area contributed by atoms with E-state index in [0.717, 1.165) is 29.9 Å². The van der Waals surface area contributed by atoms with E-state index in [1.807, 2.05) is 22.9 Å². The number of tetrazole rings is 1. The highest BCUT2D eigenvalue weighted by Crippen LogP contribution is 2.38. The van der Waals surface area contributed by atoms with E-state index < -0.39 is 0 Å². The van der Waals surface area contributed by atoms with Crippen molar-refractivity contribution < 1.29 is 14.2 Å². The molecule has 1 atom stereocenters. The van der Waals surface area contributed by atoms with Crippen LogP contribution in [0.15, 0.2) is 42.6 Å². The molecule has 0 aliphatic carbocycles. The van der Waals surface area contributed by atoms with E-state index in [2.05, 4.69) is 64.1 Å². The topological polar surface area (TPSA) is 99.1 Å². The summed E-state index contributed by atoms with van der Waals surface area (Å²) in [6.07, 6.45) is 2.99. The van der Waals surface area contributed by atoms with Crippen LogP contribution in [0.1, 0.15) is 36.8 Å². The minimum atomic E-state index is 0.00208. The minimum Gasteiger partial charge on any atom is -0.493 e. The summed E-state index contributed by atoms with van der Waals surface area (Å²) in [7, 11) is 4.81. The number of hydrogen-bond donors (Lipinski definition) is 2. The molecule has 0 fully saturated rings. The summed E-state index contributed by atoms with van der Waals surface area (Å²) in [5, 5.41) is 17.5. The smallest absolute Gasteiger partial charge is 0.203 e. The average Bonchev–Trinajstić information content (AvgIpc) is 3.47. The van der Waals surface area contributed by atoms with Gasteiger partial charge in [0.15, 0.2) is 17.3 Å². The molecule has 9 nitrogen and oxygen atoms in total. The highest BCUT2D eigenvalue weighted by molar-refractivity contribution is 5.83. The van der Waals surface area contributed by atoms with Gasteiger partial charge in [0.05, 0.1) is 33.9 Å². The van der Waals surface area contributed by atoms with Gasteiger partial charge in [-0.05, 0) is 58.6 Å². The number of aromatic amines is 1. The van der Waals surface area contributed by atoms with Crippen LogP contribution in [0.3, 0.4) is 0 Å². The molecule has 0 aliphatic heterocycles. The number of H-pyrrole nitrogens is 1. The van der Waals surface area contributed by atoms with Crippen molar-refractivity contribution in [1.82, 2.24) is 30.5 Å². The van der Waals surface area contributed by atoms with Crippen molar-refractivity contribution in [3.05, 3.63) is 59.5 Å². The number of aromatic nitrogens is 5. The Morgan fingerprint density at radius 1 is 1.03 bits per heavy atom. The summed E-state index contributed by atoms with van der Waals surface area (Å²) in [6.45, 7) is 5.62. The van der Waals surface area contributed by atoms with E-state index in [4.69, 9.17) is 14.2 Å². The van der Waals surface area contributed by atoms with Crippen molar-refractivity contribution in [2.24, 2.45) is 5.92 Å². The summed E-state index contributed by atoms with van der Waals surface area (Å²) >= 11 is 0. The summed E-state index contributed by atoms with van der Waals surface area (Å²) in [5.74, 6) is 2.85. The van der Waals surface area contributed by atoms with Gasteiger partial charge in [0.2, 0.25) is 5.75 Å². The minimum absolute atomic E-state index is 0.00208. The predicted molar refractivity (Wildman–Crippen MR) is 131 cm³/mol. The molecule has 0 unspecified atom stereocenters. The number of hydrogen-bond acceptors (Lipinski definition) is 7. The molecule has 2 heterocycles. The average molecular weight is 465 g/mol. The molecule has 2 N–H and O–H groups in total. The lowest BCUT2D eigenvalue weighted by atomic mass is 10.0. The van der Waals surface area contributed by atoms with Crippen molar-refractivity contribution in [2.75, 3.05) is 27.9 Å². The van der Waals surface area contributed by atoms with E-state index in [1.54, 1.807) is 21.3 Å². The monoisotopic (exact) mass is 464 g/mol. The first-order valence-corrected chi connectivity index (χ1v) is 11.4. The van der Waals surface area contributed by atoms with Gasteiger partial charge in [0.25, 0.3) is 0 Å². The molecule has 0 amide bonds. The number of fused-ring (bicyclic) bond motifs is 1. The van der Waals surface area contributed by atoms with Crippen molar-refractivity contribution >= 4 is 10.9 Å². The highest BCUT2D eigenvalue weighted by Gasteiger charge is 2.23. The quantitative estimate of drug-likeness (QED) is 0.349. The first-order chi connectivity index (χ1) is 16.5. The second-order valence-corrected chi connectivity index (χ2v) is 8.51. The SMILES string of the molecule is COc1cc(Cn2nnnc2[C@H](NCCc2c[nH]c3ccccc23)C(C)C)cc(OC)c1OC. The van der Waals surface area contributed by atoms with E-state index in [1.165, 1.54) is 10.9 Å². The summed E-state index contributed by atoms with van der Waals surface area (Å²) in [5.41, 5.74) is 3.40. The van der Waals surface area contributed by atoms with Gasteiger partial charge in [0, 0.05) is 17.1 Å². The third-order valence-corrected chi connectivity index (χ3v) is 5.99. The van der Waals surface area contributed by atoms with Gasteiger partial charge in [-0.3, -0.25) is 0 Å². The summed E-state index contributed by atoms with van der Waals surface area (Å²) < 4.78 is 18.2. The molecule has 0 spiro atoms. The van der Waals surface area contributed by atoms with E-state index in [-0.39, 0.29) is 6.04 Å². The molecule has 9 heteroatoms. The third kappa shape index (κ3) is 4.84. The Bertz CT molecular complexity index is 1210. The second kappa shape index (κ2) is 10.6. The lowest BCUT2D eigenvalue weighted by molar-refractivity contribution is 0.323. The van der Waals surface area contributed by atoms with Crippen LogP contribution in [0.2, 0.25) is 0 Å². The first kappa shape index (κ1) is 23.6. The number of para-hydroxylation sites is 1. The van der Waals surface area contributed by atoms with Gasteiger partial charge in [-0.2, -0.15) is 0 Å². The molecule has 0 aliphatic rings. The molecule has 0 bridgehead atoms. The van der Waals surface area contributed by atoms with Gasteiger partial charge in [-0.1, -0.05) is 32.0 Å². The first-order valence-electron chi connectivity index (χ1n) is 11.4. The fourth-order valence-corrected chi connectivity index (χ4v) is 4.27. The second-order valence-electron chi connectivity index (χ2n) is 8.51. The molecule has 0 saturated heterocycles. The molecule has 4 aromatic rings. The number of benzene rings is 2. The molecular formula is C25H32N6O3. The zero-order chi connectivity index (χ0) is 24.1. The van der Waals surface area contributed by atoms with E-state index in [0.29, 0.717) is 29.7 Å². The van der Waals surface area contributed by atoms with Crippen LogP contribution in [-0.4, -0.2) is 53.1 Å². The van der Waals surface area contributed by atoms with Crippen LogP contribution < -0.4 is 19.5 Å². The summed E-state index contributed by atoms with van der Waals surface area (Å²) in [4.78, 5) is 3.35.